The third-order valence-corrected chi connectivity index (χ3v) is 4.61. The van der Waals surface area contributed by atoms with Gasteiger partial charge in [-0.25, -0.2) is 0 Å². The molecule has 23 heavy (non-hydrogen) atoms. The summed E-state index contributed by atoms with van der Waals surface area (Å²) in [6.45, 7) is 5.66. The zero-order valence-electron chi connectivity index (χ0n) is 14.0. The van der Waals surface area contributed by atoms with Gasteiger partial charge in [-0.2, -0.15) is 0 Å². The first-order chi connectivity index (χ1) is 11.1. The van der Waals surface area contributed by atoms with E-state index in [1.165, 1.54) is 22.3 Å². The molecule has 0 aliphatic carbocycles. The van der Waals surface area contributed by atoms with Crippen LogP contribution in [0, 0.1) is 6.92 Å². The van der Waals surface area contributed by atoms with Gasteiger partial charge in [0.2, 0.25) is 5.91 Å². The largest absolute Gasteiger partial charge is 0.344 e. The van der Waals surface area contributed by atoms with E-state index in [4.69, 9.17) is 0 Å². The van der Waals surface area contributed by atoms with Gasteiger partial charge in [-0.1, -0.05) is 42.5 Å². The summed E-state index contributed by atoms with van der Waals surface area (Å²) in [7, 11) is 1.89. The molecule has 0 atom stereocenters. The standard InChI is InChI=1S/C20H24N2O/c1-16-6-3-4-9-19(16)18-8-5-7-17(14-18)15-22-11-10-20(23)21(2)12-13-22/h3-9,14H,10-13,15H2,1-2H3. The van der Waals surface area contributed by atoms with Gasteiger partial charge in [0.05, 0.1) is 0 Å². The molecule has 0 radical (unpaired) electrons. The van der Waals surface area contributed by atoms with Crippen molar-refractivity contribution in [3.8, 4) is 11.1 Å². The minimum atomic E-state index is 0.251. The number of benzene rings is 2. The molecule has 2 aromatic rings. The number of likely N-dealkylation sites (N-methyl/N-ethyl adjacent to an activating group) is 1. The fraction of sp³-hybridized carbons (Fsp3) is 0.350. The molecule has 1 heterocycles. The Bertz CT molecular complexity index is 696. The van der Waals surface area contributed by atoms with E-state index in [2.05, 4.69) is 60.4 Å². The van der Waals surface area contributed by atoms with E-state index in [-0.39, 0.29) is 5.91 Å². The molecule has 0 aromatic heterocycles. The van der Waals surface area contributed by atoms with Crippen molar-refractivity contribution in [1.29, 1.82) is 0 Å². The third-order valence-electron chi connectivity index (χ3n) is 4.61. The zero-order valence-corrected chi connectivity index (χ0v) is 14.0. The lowest BCUT2D eigenvalue weighted by atomic mass is 9.99. The summed E-state index contributed by atoms with van der Waals surface area (Å²) in [5.41, 5.74) is 5.16. The smallest absolute Gasteiger partial charge is 0.223 e. The molecule has 3 nitrogen and oxygen atoms in total. The van der Waals surface area contributed by atoms with Gasteiger partial charge in [0.15, 0.2) is 0 Å². The molecule has 1 aliphatic rings. The van der Waals surface area contributed by atoms with Gasteiger partial charge < -0.3 is 4.90 Å². The first kappa shape index (κ1) is 15.8. The van der Waals surface area contributed by atoms with Crippen LogP contribution in [0.1, 0.15) is 17.5 Å². The second-order valence-corrected chi connectivity index (χ2v) is 6.36. The fourth-order valence-electron chi connectivity index (χ4n) is 3.12. The van der Waals surface area contributed by atoms with Gasteiger partial charge in [-0.15, -0.1) is 0 Å². The van der Waals surface area contributed by atoms with Gasteiger partial charge >= 0.3 is 0 Å². The normalized spacial score (nSPS) is 16.4. The van der Waals surface area contributed by atoms with E-state index in [1.807, 2.05) is 11.9 Å². The second-order valence-electron chi connectivity index (χ2n) is 6.36. The maximum absolute atomic E-state index is 11.8. The zero-order chi connectivity index (χ0) is 16.2. The van der Waals surface area contributed by atoms with Crippen LogP contribution >= 0.6 is 0 Å². The Morgan fingerprint density at radius 3 is 2.65 bits per heavy atom. The Labute approximate surface area is 138 Å². The molecule has 1 aliphatic heterocycles. The molecule has 3 rings (SSSR count). The molecule has 120 valence electrons. The predicted octanol–water partition coefficient (Wildman–Crippen LogP) is 3.33. The highest BCUT2D eigenvalue weighted by molar-refractivity contribution is 5.76. The van der Waals surface area contributed by atoms with Crippen molar-refractivity contribution >= 4 is 5.91 Å². The van der Waals surface area contributed by atoms with Crippen LogP contribution in [-0.2, 0) is 11.3 Å². The molecular formula is C20H24N2O. The molecule has 1 amide bonds. The number of nitrogens with zero attached hydrogens (tertiary/aromatic N) is 2. The van der Waals surface area contributed by atoms with Crippen LogP contribution in [0.15, 0.2) is 48.5 Å². The lowest BCUT2D eigenvalue weighted by Gasteiger charge is -2.20. The van der Waals surface area contributed by atoms with Crippen molar-refractivity contribution in [2.45, 2.75) is 19.9 Å². The van der Waals surface area contributed by atoms with Crippen molar-refractivity contribution < 1.29 is 4.79 Å². The second kappa shape index (κ2) is 6.97. The van der Waals surface area contributed by atoms with Gasteiger partial charge in [-0.05, 0) is 35.2 Å². The highest BCUT2D eigenvalue weighted by atomic mass is 16.2. The number of hydrogen-bond acceptors (Lipinski definition) is 2. The van der Waals surface area contributed by atoms with E-state index in [1.54, 1.807) is 0 Å². The minimum absolute atomic E-state index is 0.251. The van der Waals surface area contributed by atoms with Crippen LogP contribution in [0.5, 0.6) is 0 Å². The molecule has 0 N–H and O–H groups in total. The number of rotatable bonds is 3. The lowest BCUT2D eigenvalue weighted by Crippen LogP contribution is -2.29. The van der Waals surface area contributed by atoms with E-state index in [0.29, 0.717) is 6.42 Å². The Morgan fingerprint density at radius 1 is 1.00 bits per heavy atom. The molecule has 1 fully saturated rings. The van der Waals surface area contributed by atoms with E-state index >= 15 is 0 Å². The minimum Gasteiger partial charge on any atom is -0.344 e. The maximum Gasteiger partial charge on any atom is 0.223 e. The third kappa shape index (κ3) is 3.80. The molecule has 2 aromatic carbocycles. The molecule has 0 saturated carbocycles. The van der Waals surface area contributed by atoms with Gasteiger partial charge in [0, 0.05) is 39.6 Å². The quantitative estimate of drug-likeness (QED) is 0.868. The van der Waals surface area contributed by atoms with Gasteiger partial charge in [-0.3, -0.25) is 9.69 Å². The maximum atomic E-state index is 11.8. The monoisotopic (exact) mass is 308 g/mol. The Kier molecular flexibility index (Phi) is 4.77. The summed E-state index contributed by atoms with van der Waals surface area (Å²) in [5, 5.41) is 0. The number of hydrogen-bond donors (Lipinski definition) is 0. The van der Waals surface area contributed by atoms with E-state index < -0.39 is 0 Å². The summed E-state index contributed by atoms with van der Waals surface area (Å²) < 4.78 is 0. The summed E-state index contributed by atoms with van der Waals surface area (Å²) >= 11 is 0. The van der Waals surface area contributed by atoms with Crippen LogP contribution in [0.4, 0.5) is 0 Å². The molecule has 0 bridgehead atoms. The van der Waals surface area contributed by atoms with Gasteiger partial charge in [0.1, 0.15) is 0 Å². The fourth-order valence-corrected chi connectivity index (χ4v) is 3.12. The van der Waals surface area contributed by atoms with Crippen molar-refractivity contribution in [2.24, 2.45) is 0 Å². The molecule has 0 spiro atoms. The van der Waals surface area contributed by atoms with Gasteiger partial charge in [0.25, 0.3) is 0 Å². The lowest BCUT2D eigenvalue weighted by molar-refractivity contribution is -0.129. The summed E-state index contributed by atoms with van der Waals surface area (Å²) in [6, 6.07) is 17.2. The van der Waals surface area contributed by atoms with Crippen LogP contribution in [-0.4, -0.2) is 42.4 Å². The van der Waals surface area contributed by atoms with Crippen molar-refractivity contribution in [3.05, 3.63) is 59.7 Å². The highest BCUT2D eigenvalue weighted by Crippen LogP contribution is 2.24. The first-order valence-electron chi connectivity index (χ1n) is 8.25. The topological polar surface area (TPSA) is 23.6 Å². The van der Waals surface area contributed by atoms with Crippen LogP contribution in [0.3, 0.4) is 0 Å². The van der Waals surface area contributed by atoms with Crippen LogP contribution in [0.2, 0.25) is 0 Å². The SMILES string of the molecule is Cc1ccccc1-c1cccc(CN2CCC(=O)N(C)CC2)c1. The van der Waals surface area contributed by atoms with Crippen LogP contribution in [0.25, 0.3) is 11.1 Å². The Hall–Kier alpha value is -2.13. The molecule has 1 saturated heterocycles. The molecule has 0 unspecified atom stereocenters. The average molecular weight is 308 g/mol. The van der Waals surface area contributed by atoms with E-state index in [9.17, 15) is 4.79 Å². The van der Waals surface area contributed by atoms with Crippen LogP contribution < -0.4 is 0 Å². The number of amides is 1. The van der Waals surface area contributed by atoms with Crippen molar-refractivity contribution in [1.82, 2.24) is 9.80 Å². The van der Waals surface area contributed by atoms with E-state index in [0.717, 1.165) is 26.2 Å². The molecular weight excluding hydrogens is 284 g/mol. The van der Waals surface area contributed by atoms with Crippen molar-refractivity contribution in [3.63, 3.8) is 0 Å². The average Bonchev–Trinajstić information content (AvgIpc) is 2.71. The number of carbonyl (C=O) groups is 1. The Balaban J connectivity index is 1.76. The van der Waals surface area contributed by atoms with Crippen molar-refractivity contribution in [2.75, 3.05) is 26.7 Å². The number of carbonyl (C=O) groups excluding carboxylic acids is 1. The summed E-state index contributed by atoms with van der Waals surface area (Å²) in [4.78, 5) is 16.0. The summed E-state index contributed by atoms with van der Waals surface area (Å²) in [5.74, 6) is 0.251. The summed E-state index contributed by atoms with van der Waals surface area (Å²) in [6.07, 6.45) is 0.619. The number of aryl methyl sites for hydroxylation is 1. The highest BCUT2D eigenvalue weighted by Gasteiger charge is 2.17. The predicted molar refractivity (Wildman–Crippen MR) is 94.1 cm³/mol. The molecule has 3 heteroatoms. The first-order valence-corrected chi connectivity index (χ1v) is 8.25. The Morgan fingerprint density at radius 2 is 1.83 bits per heavy atom.